The van der Waals surface area contributed by atoms with Crippen molar-refractivity contribution in [3.63, 3.8) is 0 Å². The number of nitrogens with one attached hydrogen (secondary N) is 1. The number of carbonyl (C=O) groups is 1. The van der Waals surface area contributed by atoms with Gasteiger partial charge in [0.15, 0.2) is 0 Å². The first kappa shape index (κ1) is 14.5. The van der Waals surface area contributed by atoms with Gasteiger partial charge < -0.3 is 10.1 Å². The predicted molar refractivity (Wildman–Crippen MR) is 78.5 cm³/mol. The first-order valence-corrected chi connectivity index (χ1v) is 7.66. The standard InChI is InChI=1S/C17H22FNO2/c1-16(11-21-12-16)15(20)19-10-17(7-2-3-8-17)13-5-4-6-14(18)9-13/h4-6,9H,2-3,7-8,10-12H2,1H3,(H,19,20). The van der Waals surface area contributed by atoms with Gasteiger partial charge in [-0.1, -0.05) is 25.0 Å². The van der Waals surface area contributed by atoms with Crippen molar-refractivity contribution >= 4 is 5.91 Å². The van der Waals surface area contributed by atoms with Crippen LogP contribution in [0.4, 0.5) is 4.39 Å². The number of carbonyl (C=O) groups excluding carboxylic acids is 1. The molecule has 114 valence electrons. The van der Waals surface area contributed by atoms with Crippen LogP contribution in [0.15, 0.2) is 24.3 Å². The smallest absolute Gasteiger partial charge is 0.230 e. The van der Waals surface area contributed by atoms with Gasteiger partial charge in [0.2, 0.25) is 5.91 Å². The Balaban J connectivity index is 1.74. The van der Waals surface area contributed by atoms with Crippen LogP contribution < -0.4 is 5.32 Å². The first-order chi connectivity index (χ1) is 10.0. The quantitative estimate of drug-likeness (QED) is 0.926. The highest BCUT2D eigenvalue weighted by molar-refractivity contribution is 5.83. The van der Waals surface area contributed by atoms with E-state index in [2.05, 4.69) is 5.32 Å². The Morgan fingerprint density at radius 2 is 2.05 bits per heavy atom. The minimum Gasteiger partial charge on any atom is -0.379 e. The van der Waals surface area contributed by atoms with Crippen molar-refractivity contribution in [3.05, 3.63) is 35.6 Å². The molecule has 3 rings (SSSR count). The van der Waals surface area contributed by atoms with Crippen LogP contribution in [0.25, 0.3) is 0 Å². The lowest BCUT2D eigenvalue weighted by molar-refractivity contribution is -0.157. The number of halogens is 1. The summed E-state index contributed by atoms with van der Waals surface area (Å²) in [5.74, 6) is -0.152. The molecule has 1 aliphatic carbocycles. The highest BCUT2D eigenvalue weighted by Gasteiger charge is 2.43. The van der Waals surface area contributed by atoms with Crippen LogP contribution >= 0.6 is 0 Å². The molecule has 0 unspecified atom stereocenters. The lowest BCUT2D eigenvalue weighted by Crippen LogP contribution is -2.54. The second kappa shape index (κ2) is 5.41. The predicted octanol–water partition coefficient (Wildman–Crippen LogP) is 2.79. The molecule has 2 fully saturated rings. The molecule has 2 aliphatic rings. The monoisotopic (exact) mass is 291 g/mol. The average molecular weight is 291 g/mol. The summed E-state index contributed by atoms with van der Waals surface area (Å²) in [7, 11) is 0. The average Bonchev–Trinajstić information content (AvgIpc) is 2.92. The molecule has 1 N–H and O–H groups in total. The van der Waals surface area contributed by atoms with E-state index in [-0.39, 0.29) is 22.6 Å². The summed E-state index contributed by atoms with van der Waals surface area (Å²) >= 11 is 0. The first-order valence-electron chi connectivity index (χ1n) is 7.66. The summed E-state index contributed by atoms with van der Waals surface area (Å²) in [5, 5.41) is 3.08. The van der Waals surface area contributed by atoms with Crippen LogP contribution in [0.3, 0.4) is 0 Å². The molecular formula is C17H22FNO2. The molecule has 1 aliphatic heterocycles. The van der Waals surface area contributed by atoms with Crippen molar-refractivity contribution in [2.24, 2.45) is 5.41 Å². The largest absolute Gasteiger partial charge is 0.379 e. The minimum absolute atomic E-state index is 0.0522. The Kier molecular flexibility index (Phi) is 3.74. The van der Waals surface area contributed by atoms with Gasteiger partial charge in [0, 0.05) is 12.0 Å². The van der Waals surface area contributed by atoms with E-state index in [1.165, 1.54) is 6.07 Å². The van der Waals surface area contributed by atoms with E-state index in [1.54, 1.807) is 12.1 Å². The maximum Gasteiger partial charge on any atom is 0.230 e. The van der Waals surface area contributed by atoms with E-state index in [9.17, 15) is 9.18 Å². The van der Waals surface area contributed by atoms with Gasteiger partial charge >= 0.3 is 0 Å². The molecule has 21 heavy (non-hydrogen) atoms. The molecule has 1 amide bonds. The van der Waals surface area contributed by atoms with E-state index >= 15 is 0 Å². The summed E-state index contributed by atoms with van der Waals surface area (Å²) in [4.78, 5) is 12.3. The third-order valence-corrected chi connectivity index (χ3v) is 4.97. The lowest BCUT2D eigenvalue weighted by Gasteiger charge is -2.38. The molecule has 0 atom stereocenters. The molecule has 0 aromatic heterocycles. The Morgan fingerprint density at radius 3 is 2.62 bits per heavy atom. The van der Waals surface area contributed by atoms with Gasteiger partial charge in [-0.3, -0.25) is 4.79 Å². The fourth-order valence-corrected chi connectivity index (χ4v) is 3.44. The van der Waals surface area contributed by atoms with E-state index in [4.69, 9.17) is 4.74 Å². The molecule has 1 saturated carbocycles. The topological polar surface area (TPSA) is 38.3 Å². The van der Waals surface area contributed by atoms with Crippen molar-refractivity contribution in [2.45, 2.75) is 38.0 Å². The van der Waals surface area contributed by atoms with Gasteiger partial charge in [-0.2, -0.15) is 0 Å². The van der Waals surface area contributed by atoms with E-state index in [0.29, 0.717) is 19.8 Å². The summed E-state index contributed by atoms with van der Waals surface area (Å²) in [6.45, 7) is 3.50. The second-order valence-corrected chi connectivity index (χ2v) is 6.73. The number of rotatable bonds is 4. The number of hydrogen-bond acceptors (Lipinski definition) is 2. The van der Waals surface area contributed by atoms with E-state index in [1.807, 2.05) is 13.0 Å². The SMILES string of the molecule is CC1(C(=O)NCC2(c3cccc(F)c3)CCCC2)COC1. The maximum atomic E-state index is 13.5. The summed E-state index contributed by atoms with van der Waals surface area (Å²) in [6, 6.07) is 6.82. The summed E-state index contributed by atoms with van der Waals surface area (Å²) < 4.78 is 18.7. The van der Waals surface area contributed by atoms with Crippen molar-refractivity contribution in [2.75, 3.05) is 19.8 Å². The lowest BCUT2D eigenvalue weighted by atomic mass is 9.78. The molecule has 0 bridgehead atoms. The zero-order valence-electron chi connectivity index (χ0n) is 12.5. The molecule has 0 radical (unpaired) electrons. The third-order valence-electron chi connectivity index (χ3n) is 4.97. The molecular weight excluding hydrogens is 269 g/mol. The van der Waals surface area contributed by atoms with Crippen LogP contribution in [0, 0.1) is 11.2 Å². The normalized spacial score (nSPS) is 22.6. The summed E-state index contributed by atoms with van der Waals surface area (Å²) in [5.41, 5.74) is 0.510. The Hall–Kier alpha value is -1.42. The summed E-state index contributed by atoms with van der Waals surface area (Å²) in [6.07, 6.45) is 4.27. The van der Waals surface area contributed by atoms with Crippen LogP contribution in [0.1, 0.15) is 38.2 Å². The highest BCUT2D eigenvalue weighted by atomic mass is 19.1. The molecule has 4 heteroatoms. The van der Waals surface area contributed by atoms with Gasteiger partial charge in [0.25, 0.3) is 0 Å². The molecule has 1 aromatic rings. The van der Waals surface area contributed by atoms with Crippen LogP contribution in [0.2, 0.25) is 0 Å². The van der Waals surface area contributed by atoms with Gasteiger partial charge in [0.05, 0.1) is 18.6 Å². The number of ether oxygens (including phenoxy) is 1. The maximum absolute atomic E-state index is 13.5. The van der Waals surface area contributed by atoms with Crippen molar-refractivity contribution in [1.82, 2.24) is 5.32 Å². The zero-order valence-corrected chi connectivity index (χ0v) is 12.5. The number of hydrogen-bond donors (Lipinski definition) is 1. The zero-order chi connectivity index (χ0) is 14.9. The molecule has 1 aromatic carbocycles. The number of benzene rings is 1. The second-order valence-electron chi connectivity index (χ2n) is 6.73. The Bertz CT molecular complexity index is 533. The van der Waals surface area contributed by atoms with Gasteiger partial charge in [-0.25, -0.2) is 4.39 Å². The highest BCUT2D eigenvalue weighted by Crippen LogP contribution is 2.41. The van der Waals surface area contributed by atoms with Gasteiger partial charge in [-0.05, 0) is 37.5 Å². The number of amides is 1. The fourth-order valence-electron chi connectivity index (χ4n) is 3.44. The fraction of sp³-hybridized carbons (Fsp3) is 0.588. The molecule has 3 nitrogen and oxygen atoms in total. The molecule has 0 spiro atoms. The minimum atomic E-state index is -0.387. The Morgan fingerprint density at radius 1 is 1.33 bits per heavy atom. The molecule has 1 heterocycles. The molecule has 1 saturated heterocycles. The van der Waals surface area contributed by atoms with Crippen LogP contribution in [-0.2, 0) is 14.9 Å². The van der Waals surface area contributed by atoms with Crippen LogP contribution in [0.5, 0.6) is 0 Å². The Labute approximate surface area is 124 Å². The van der Waals surface area contributed by atoms with Gasteiger partial charge in [0.1, 0.15) is 5.82 Å². The van der Waals surface area contributed by atoms with Crippen molar-refractivity contribution in [3.8, 4) is 0 Å². The van der Waals surface area contributed by atoms with Gasteiger partial charge in [-0.15, -0.1) is 0 Å². The third kappa shape index (κ3) is 2.69. The van der Waals surface area contributed by atoms with E-state index < -0.39 is 0 Å². The van der Waals surface area contributed by atoms with Crippen molar-refractivity contribution in [1.29, 1.82) is 0 Å². The van der Waals surface area contributed by atoms with E-state index in [0.717, 1.165) is 31.2 Å². The van der Waals surface area contributed by atoms with Crippen LogP contribution in [-0.4, -0.2) is 25.7 Å². The van der Waals surface area contributed by atoms with Crippen molar-refractivity contribution < 1.29 is 13.9 Å².